The van der Waals surface area contributed by atoms with Gasteiger partial charge >= 0.3 is 0 Å². The third kappa shape index (κ3) is 2.94. The first-order chi connectivity index (χ1) is 11.6. The zero-order valence-electron chi connectivity index (χ0n) is 13.3. The maximum atomic E-state index is 12.8. The molecule has 0 aliphatic heterocycles. The molecule has 0 spiro atoms. The summed E-state index contributed by atoms with van der Waals surface area (Å²) in [5.41, 5.74) is 2.52. The van der Waals surface area contributed by atoms with Crippen molar-refractivity contribution in [1.29, 1.82) is 0 Å². The van der Waals surface area contributed by atoms with E-state index < -0.39 is 0 Å². The molecule has 0 radical (unpaired) electrons. The number of hydrogen-bond donors (Lipinski definition) is 2. The molecule has 1 amide bonds. The number of aryl methyl sites for hydroxylation is 1. The van der Waals surface area contributed by atoms with Crippen molar-refractivity contribution in [3.8, 4) is 0 Å². The van der Waals surface area contributed by atoms with E-state index in [1.807, 2.05) is 35.9 Å². The molecule has 1 aromatic heterocycles. The van der Waals surface area contributed by atoms with Crippen molar-refractivity contribution < 1.29 is 14.7 Å². The number of amides is 1. The summed E-state index contributed by atoms with van der Waals surface area (Å²) in [6, 6.07) is 14.3. The van der Waals surface area contributed by atoms with Crippen molar-refractivity contribution >= 4 is 22.6 Å². The van der Waals surface area contributed by atoms with Crippen LogP contribution in [0.5, 0.6) is 0 Å². The first-order valence-corrected chi connectivity index (χ1v) is 7.69. The Morgan fingerprint density at radius 1 is 1.08 bits per heavy atom. The Morgan fingerprint density at radius 3 is 2.54 bits per heavy atom. The molecule has 3 aromatic rings. The molecule has 2 aromatic carbocycles. The van der Waals surface area contributed by atoms with E-state index in [9.17, 15) is 9.59 Å². The number of carbonyl (C=O) groups excluding carboxylic acids is 2. The predicted octanol–water partition coefficient (Wildman–Crippen LogP) is 2.13. The predicted molar refractivity (Wildman–Crippen MR) is 92.2 cm³/mol. The number of ketones is 1. The van der Waals surface area contributed by atoms with Gasteiger partial charge in [0.15, 0.2) is 5.78 Å². The number of nitrogens with one attached hydrogen (secondary N) is 1. The number of aromatic nitrogens is 1. The summed E-state index contributed by atoms with van der Waals surface area (Å²) < 4.78 is 1.88. The van der Waals surface area contributed by atoms with Gasteiger partial charge in [0.2, 0.25) is 0 Å². The molecule has 122 valence electrons. The van der Waals surface area contributed by atoms with Crippen molar-refractivity contribution in [2.75, 3.05) is 13.2 Å². The quantitative estimate of drug-likeness (QED) is 0.707. The van der Waals surface area contributed by atoms with Gasteiger partial charge in [0.05, 0.1) is 6.61 Å². The lowest BCUT2D eigenvalue weighted by atomic mass is 10.0. The number of aliphatic hydroxyl groups excluding tert-OH is 1. The first kappa shape index (κ1) is 16.0. The van der Waals surface area contributed by atoms with Crippen molar-refractivity contribution in [1.82, 2.24) is 9.88 Å². The normalized spacial score (nSPS) is 10.8. The number of fused-ring (bicyclic) bond motifs is 1. The van der Waals surface area contributed by atoms with Crippen molar-refractivity contribution in [3.05, 3.63) is 71.4 Å². The topological polar surface area (TPSA) is 71.3 Å². The smallest absolute Gasteiger partial charge is 0.251 e. The lowest BCUT2D eigenvalue weighted by molar-refractivity contribution is 0.0944. The Kier molecular flexibility index (Phi) is 4.44. The SMILES string of the molecule is Cn1cc(C(=O)c2ccccc2)c2cc(C(=O)NCCO)ccc21. The highest BCUT2D eigenvalue weighted by Crippen LogP contribution is 2.24. The van der Waals surface area contributed by atoms with Gasteiger partial charge < -0.3 is 15.0 Å². The van der Waals surface area contributed by atoms with Gasteiger partial charge in [-0.3, -0.25) is 9.59 Å². The molecule has 0 aliphatic carbocycles. The Balaban J connectivity index is 2.05. The Labute approximate surface area is 139 Å². The Hall–Kier alpha value is -2.92. The van der Waals surface area contributed by atoms with Gasteiger partial charge in [-0.15, -0.1) is 0 Å². The van der Waals surface area contributed by atoms with Crippen LogP contribution in [0.25, 0.3) is 10.9 Å². The molecule has 2 N–H and O–H groups in total. The van der Waals surface area contributed by atoms with E-state index >= 15 is 0 Å². The molecule has 3 rings (SSSR count). The maximum absolute atomic E-state index is 12.8. The first-order valence-electron chi connectivity index (χ1n) is 7.69. The van der Waals surface area contributed by atoms with Crippen molar-refractivity contribution in [2.24, 2.45) is 7.05 Å². The van der Waals surface area contributed by atoms with E-state index in [-0.39, 0.29) is 24.8 Å². The molecular weight excluding hydrogens is 304 g/mol. The summed E-state index contributed by atoms with van der Waals surface area (Å²) >= 11 is 0. The molecule has 1 heterocycles. The Morgan fingerprint density at radius 2 is 1.83 bits per heavy atom. The molecule has 0 unspecified atom stereocenters. The monoisotopic (exact) mass is 322 g/mol. The van der Waals surface area contributed by atoms with Gasteiger partial charge in [-0.05, 0) is 18.2 Å². The van der Waals surface area contributed by atoms with Crippen LogP contribution in [0.1, 0.15) is 26.3 Å². The molecular formula is C19H18N2O3. The minimum Gasteiger partial charge on any atom is -0.395 e. The molecule has 0 atom stereocenters. The van der Waals surface area contributed by atoms with Crippen LogP contribution in [0.4, 0.5) is 0 Å². The van der Waals surface area contributed by atoms with E-state index in [4.69, 9.17) is 5.11 Å². The Bertz CT molecular complexity index is 898. The third-order valence-corrected chi connectivity index (χ3v) is 3.93. The zero-order valence-corrected chi connectivity index (χ0v) is 13.3. The van der Waals surface area contributed by atoms with E-state index in [1.165, 1.54) is 0 Å². The van der Waals surface area contributed by atoms with Crippen LogP contribution >= 0.6 is 0 Å². The molecule has 24 heavy (non-hydrogen) atoms. The second kappa shape index (κ2) is 6.68. The van der Waals surface area contributed by atoms with E-state index in [0.717, 1.165) is 10.9 Å². The largest absolute Gasteiger partial charge is 0.395 e. The summed E-state index contributed by atoms with van der Waals surface area (Å²) in [4.78, 5) is 24.9. The van der Waals surface area contributed by atoms with Crippen molar-refractivity contribution in [2.45, 2.75) is 0 Å². The van der Waals surface area contributed by atoms with Gasteiger partial charge in [0.1, 0.15) is 0 Å². The van der Waals surface area contributed by atoms with Gasteiger partial charge in [-0.25, -0.2) is 0 Å². The summed E-state index contributed by atoms with van der Waals surface area (Å²) in [7, 11) is 1.87. The van der Waals surface area contributed by atoms with Gasteiger partial charge in [-0.2, -0.15) is 0 Å². The summed E-state index contributed by atoms with van der Waals surface area (Å²) in [5, 5.41) is 12.2. The van der Waals surface area contributed by atoms with Crippen LogP contribution in [0.3, 0.4) is 0 Å². The van der Waals surface area contributed by atoms with Crippen molar-refractivity contribution in [3.63, 3.8) is 0 Å². The summed E-state index contributed by atoms with van der Waals surface area (Å²) in [5.74, 6) is -0.345. The maximum Gasteiger partial charge on any atom is 0.251 e. The number of nitrogens with zero attached hydrogens (tertiary/aromatic N) is 1. The van der Waals surface area contributed by atoms with Crippen LogP contribution in [-0.2, 0) is 7.05 Å². The number of benzene rings is 2. The minimum absolute atomic E-state index is 0.0749. The van der Waals surface area contributed by atoms with E-state index in [1.54, 1.807) is 30.5 Å². The standard InChI is InChI=1S/C19H18N2O3/c1-21-12-16(18(23)13-5-3-2-4-6-13)15-11-14(7-8-17(15)21)19(24)20-9-10-22/h2-8,11-12,22H,9-10H2,1H3,(H,20,24). The van der Waals surface area contributed by atoms with Gasteiger partial charge in [0, 0.05) is 47.4 Å². The molecule has 5 heteroatoms. The number of aliphatic hydroxyl groups is 1. The second-order valence-electron chi connectivity index (χ2n) is 5.56. The highest BCUT2D eigenvalue weighted by atomic mass is 16.3. The summed E-state index contributed by atoms with van der Waals surface area (Å²) in [6.07, 6.45) is 1.79. The fourth-order valence-electron chi connectivity index (χ4n) is 2.73. The molecule has 0 aliphatic rings. The van der Waals surface area contributed by atoms with E-state index in [2.05, 4.69) is 5.32 Å². The number of carbonyl (C=O) groups is 2. The number of rotatable bonds is 5. The van der Waals surface area contributed by atoms with Crippen LogP contribution < -0.4 is 5.32 Å². The fraction of sp³-hybridized carbons (Fsp3) is 0.158. The van der Waals surface area contributed by atoms with Crippen LogP contribution in [0.2, 0.25) is 0 Å². The summed E-state index contributed by atoms with van der Waals surface area (Å²) in [6.45, 7) is 0.0819. The average Bonchev–Trinajstić information content (AvgIpc) is 2.96. The average molecular weight is 322 g/mol. The highest BCUT2D eigenvalue weighted by Gasteiger charge is 2.17. The van der Waals surface area contributed by atoms with Crippen LogP contribution in [0, 0.1) is 0 Å². The second-order valence-corrected chi connectivity index (χ2v) is 5.56. The lowest BCUT2D eigenvalue weighted by Gasteiger charge is -2.05. The van der Waals surface area contributed by atoms with Gasteiger partial charge in [0.25, 0.3) is 5.91 Å². The highest BCUT2D eigenvalue weighted by molar-refractivity contribution is 6.17. The van der Waals surface area contributed by atoms with Gasteiger partial charge in [-0.1, -0.05) is 30.3 Å². The molecule has 0 bridgehead atoms. The van der Waals surface area contributed by atoms with Crippen LogP contribution in [0.15, 0.2) is 54.7 Å². The molecule has 5 nitrogen and oxygen atoms in total. The minimum atomic E-state index is -0.270. The fourth-order valence-corrected chi connectivity index (χ4v) is 2.73. The van der Waals surface area contributed by atoms with E-state index in [0.29, 0.717) is 16.7 Å². The molecule has 0 saturated heterocycles. The molecule has 0 saturated carbocycles. The van der Waals surface area contributed by atoms with Crippen LogP contribution in [-0.4, -0.2) is 34.5 Å². The third-order valence-electron chi connectivity index (χ3n) is 3.93. The number of hydrogen-bond acceptors (Lipinski definition) is 3. The molecule has 0 fully saturated rings. The lowest BCUT2D eigenvalue weighted by Crippen LogP contribution is -2.26. The zero-order chi connectivity index (χ0) is 17.1.